The Kier molecular flexibility index (Phi) is 5.01. The Balaban J connectivity index is 1.79. The summed E-state index contributed by atoms with van der Waals surface area (Å²) in [6, 6.07) is 10.1. The van der Waals surface area contributed by atoms with Crippen molar-refractivity contribution in [2.75, 3.05) is 13.2 Å². The topological polar surface area (TPSA) is 51.2 Å². The molecule has 3 rings (SSSR count). The molecule has 1 N–H and O–H groups in total. The second-order valence-electron chi connectivity index (χ2n) is 5.81. The van der Waals surface area contributed by atoms with E-state index in [9.17, 15) is 9.18 Å². The third-order valence-corrected chi connectivity index (χ3v) is 4.20. The summed E-state index contributed by atoms with van der Waals surface area (Å²) in [5, 5.41) is 3.05. The number of hydrogen-bond donors (Lipinski definition) is 1. The number of hydrogen-bond acceptors (Lipinski definition) is 3. The first-order chi connectivity index (χ1) is 11.7. The molecule has 24 heavy (non-hydrogen) atoms. The Morgan fingerprint density at radius 3 is 2.79 bits per heavy atom. The molecule has 1 amide bonds. The summed E-state index contributed by atoms with van der Waals surface area (Å²) in [7, 11) is 0. The van der Waals surface area contributed by atoms with Crippen LogP contribution in [-0.2, 0) is 15.1 Å². The van der Waals surface area contributed by atoms with Crippen LogP contribution in [0.4, 0.5) is 4.39 Å². The van der Waals surface area contributed by atoms with Crippen molar-refractivity contribution in [3.05, 3.63) is 71.8 Å². The highest BCUT2D eigenvalue weighted by Crippen LogP contribution is 2.32. The number of ether oxygens (including phenoxy) is 1. The predicted molar refractivity (Wildman–Crippen MR) is 89.5 cm³/mol. The number of nitrogens with one attached hydrogen (secondary N) is 1. The lowest BCUT2D eigenvalue weighted by molar-refractivity contribution is -0.119. The summed E-state index contributed by atoms with van der Waals surface area (Å²) < 4.78 is 19.1. The van der Waals surface area contributed by atoms with Gasteiger partial charge in [0.1, 0.15) is 5.82 Å². The van der Waals surface area contributed by atoms with Gasteiger partial charge >= 0.3 is 0 Å². The first kappa shape index (κ1) is 16.3. The molecule has 1 aromatic carbocycles. The van der Waals surface area contributed by atoms with Crippen molar-refractivity contribution in [3.8, 4) is 0 Å². The molecule has 0 saturated carbocycles. The Morgan fingerprint density at radius 1 is 1.25 bits per heavy atom. The molecule has 1 aliphatic rings. The summed E-state index contributed by atoms with van der Waals surface area (Å²) in [6.45, 7) is 1.06. The average molecular weight is 326 g/mol. The fourth-order valence-corrected chi connectivity index (χ4v) is 2.92. The second-order valence-corrected chi connectivity index (χ2v) is 5.81. The predicted octanol–water partition coefficient (Wildman–Crippen LogP) is 3.06. The van der Waals surface area contributed by atoms with Crippen LogP contribution in [0.25, 0.3) is 6.08 Å². The number of benzene rings is 1. The molecular weight excluding hydrogens is 307 g/mol. The van der Waals surface area contributed by atoms with Crippen LogP contribution < -0.4 is 5.32 Å². The van der Waals surface area contributed by atoms with Gasteiger partial charge in [0.2, 0.25) is 5.91 Å². The van der Waals surface area contributed by atoms with E-state index < -0.39 is 5.54 Å². The number of pyridine rings is 1. The van der Waals surface area contributed by atoms with Gasteiger partial charge in [-0.05, 0) is 48.2 Å². The quantitative estimate of drug-likeness (QED) is 0.879. The Labute approximate surface area is 140 Å². The van der Waals surface area contributed by atoms with Crippen molar-refractivity contribution in [2.24, 2.45) is 0 Å². The maximum absolute atomic E-state index is 13.6. The zero-order valence-corrected chi connectivity index (χ0v) is 13.2. The third-order valence-electron chi connectivity index (χ3n) is 4.20. The molecule has 0 atom stereocenters. The number of amides is 1. The largest absolute Gasteiger partial charge is 0.381 e. The van der Waals surface area contributed by atoms with Gasteiger partial charge in [-0.3, -0.25) is 9.78 Å². The van der Waals surface area contributed by atoms with Gasteiger partial charge in [0, 0.05) is 31.7 Å². The van der Waals surface area contributed by atoms with Crippen LogP contribution in [0.2, 0.25) is 0 Å². The van der Waals surface area contributed by atoms with E-state index in [1.54, 1.807) is 24.5 Å². The van der Waals surface area contributed by atoms with Crippen LogP contribution in [0.5, 0.6) is 0 Å². The van der Waals surface area contributed by atoms with E-state index >= 15 is 0 Å². The molecule has 0 bridgehead atoms. The van der Waals surface area contributed by atoms with Crippen LogP contribution in [0.15, 0.2) is 54.9 Å². The van der Waals surface area contributed by atoms with Crippen LogP contribution in [0, 0.1) is 5.82 Å². The molecular formula is C19H19FN2O2. The monoisotopic (exact) mass is 326 g/mol. The highest BCUT2D eigenvalue weighted by atomic mass is 19.1. The summed E-state index contributed by atoms with van der Waals surface area (Å²) in [4.78, 5) is 16.4. The van der Waals surface area contributed by atoms with E-state index in [2.05, 4.69) is 10.3 Å². The number of halogens is 1. The van der Waals surface area contributed by atoms with Crippen molar-refractivity contribution in [1.82, 2.24) is 10.3 Å². The van der Waals surface area contributed by atoms with Gasteiger partial charge in [0.25, 0.3) is 0 Å². The first-order valence-corrected chi connectivity index (χ1v) is 7.92. The highest BCUT2D eigenvalue weighted by molar-refractivity contribution is 5.92. The Hall–Kier alpha value is -2.53. The summed E-state index contributed by atoms with van der Waals surface area (Å²) in [5.74, 6) is -0.525. The van der Waals surface area contributed by atoms with Gasteiger partial charge in [0.05, 0.1) is 5.54 Å². The molecule has 1 aromatic heterocycles. The molecule has 2 heterocycles. The van der Waals surface area contributed by atoms with Crippen LogP contribution in [0.1, 0.15) is 24.0 Å². The average Bonchev–Trinajstić information content (AvgIpc) is 2.62. The second kappa shape index (κ2) is 7.36. The summed E-state index contributed by atoms with van der Waals surface area (Å²) >= 11 is 0. The minimum Gasteiger partial charge on any atom is -0.381 e. The lowest BCUT2D eigenvalue weighted by atomic mass is 9.82. The SMILES string of the molecule is O=C(C=Cc1cccnc1)NC1(c2cccc(F)c2)CCOCC1. The molecule has 2 aromatic rings. The van der Waals surface area contributed by atoms with Gasteiger partial charge in [-0.25, -0.2) is 4.39 Å². The van der Waals surface area contributed by atoms with Crippen molar-refractivity contribution < 1.29 is 13.9 Å². The van der Waals surface area contributed by atoms with Crippen molar-refractivity contribution in [2.45, 2.75) is 18.4 Å². The Bertz CT molecular complexity index is 725. The standard InChI is InChI=1S/C19H19FN2O2/c20-17-5-1-4-16(13-17)19(8-11-24-12-9-19)22-18(23)7-6-15-3-2-10-21-14-15/h1-7,10,13-14H,8-9,11-12H2,(H,22,23). The van der Waals surface area contributed by atoms with Crippen LogP contribution in [0.3, 0.4) is 0 Å². The van der Waals surface area contributed by atoms with E-state index in [0.29, 0.717) is 26.1 Å². The maximum atomic E-state index is 13.6. The number of aromatic nitrogens is 1. The molecule has 4 nitrogen and oxygen atoms in total. The van der Waals surface area contributed by atoms with Crippen molar-refractivity contribution in [1.29, 1.82) is 0 Å². The highest BCUT2D eigenvalue weighted by Gasteiger charge is 2.35. The number of carbonyl (C=O) groups is 1. The normalized spacial score (nSPS) is 16.9. The zero-order valence-electron chi connectivity index (χ0n) is 13.2. The van der Waals surface area contributed by atoms with Crippen LogP contribution >= 0.6 is 0 Å². The third kappa shape index (κ3) is 3.86. The molecule has 124 valence electrons. The van der Waals surface area contributed by atoms with Gasteiger partial charge in [-0.2, -0.15) is 0 Å². The molecule has 0 unspecified atom stereocenters. The molecule has 1 aliphatic heterocycles. The molecule has 1 saturated heterocycles. The van der Waals surface area contributed by atoms with Crippen LogP contribution in [-0.4, -0.2) is 24.1 Å². The van der Waals surface area contributed by atoms with Gasteiger partial charge in [-0.1, -0.05) is 18.2 Å². The van der Waals surface area contributed by atoms with Crippen molar-refractivity contribution >= 4 is 12.0 Å². The van der Waals surface area contributed by atoms with Gasteiger partial charge in [-0.15, -0.1) is 0 Å². The molecule has 1 fully saturated rings. The molecule has 0 aliphatic carbocycles. The van der Waals surface area contributed by atoms with E-state index in [1.807, 2.05) is 18.2 Å². The van der Waals surface area contributed by atoms with Gasteiger partial charge < -0.3 is 10.1 Å². The fraction of sp³-hybridized carbons (Fsp3) is 0.263. The van der Waals surface area contributed by atoms with E-state index in [4.69, 9.17) is 4.74 Å². The minimum absolute atomic E-state index is 0.218. The molecule has 5 heteroatoms. The molecule has 0 radical (unpaired) electrons. The van der Waals surface area contributed by atoms with Gasteiger partial charge in [0.15, 0.2) is 0 Å². The molecule has 0 spiro atoms. The van der Waals surface area contributed by atoms with Crippen molar-refractivity contribution in [3.63, 3.8) is 0 Å². The Morgan fingerprint density at radius 2 is 2.08 bits per heavy atom. The zero-order chi connectivity index (χ0) is 16.8. The summed E-state index contributed by atoms with van der Waals surface area (Å²) in [6.07, 6.45) is 7.78. The van der Waals surface area contributed by atoms with E-state index in [-0.39, 0.29) is 11.7 Å². The number of rotatable bonds is 4. The fourth-order valence-electron chi connectivity index (χ4n) is 2.92. The smallest absolute Gasteiger partial charge is 0.244 e. The minimum atomic E-state index is -0.600. The number of carbonyl (C=O) groups excluding carboxylic acids is 1. The maximum Gasteiger partial charge on any atom is 0.244 e. The number of nitrogens with zero attached hydrogens (tertiary/aromatic N) is 1. The first-order valence-electron chi connectivity index (χ1n) is 7.92. The van der Waals surface area contributed by atoms with E-state index in [1.165, 1.54) is 18.2 Å². The summed E-state index contributed by atoms with van der Waals surface area (Å²) in [5.41, 5.74) is 1.02. The lowest BCUT2D eigenvalue weighted by Gasteiger charge is -2.38. The lowest BCUT2D eigenvalue weighted by Crippen LogP contribution is -2.49. The van der Waals surface area contributed by atoms with E-state index in [0.717, 1.165) is 11.1 Å².